The van der Waals surface area contributed by atoms with E-state index < -0.39 is 0 Å². The zero-order valence-corrected chi connectivity index (χ0v) is 43.2. The minimum absolute atomic E-state index is 1.02. The molecule has 70 heavy (non-hydrogen) atoms. The van der Waals surface area contributed by atoms with E-state index in [9.17, 15) is 0 Å². The number of hydrogen-bond donors (Lipinski definition) is 0. The van der Waals surface area contributed by atoms with E-state index in [1.54, 1.807) is 0 Å². The van der Waals surface area contributed by atoms with Crippen LogP contribution in [0.15, 0.2) is 146 Å². The fourth-order valence-corrected chi connectivity index (χ4v) is 8.77. The third kappa shape index (κ3) is 18.8. The Morgan fingerprint density at radius 1 is 0.271 bits per heavy atom. The number of hydrogen-bond acceptors (Lipinski definition) is 2. The zero-order chi connectivity index (χ0) is 48.9. The highest BCUT2D eigenvalue weighted by Crippen LogP contribution is 2.24. The Bertz CT molecular complexity index is 2350. The van der Waals surface area contributed by atoms with E-state index in [4.69, 9.17) is 0 Å². The summed E-state index contributed by atoms with van der Waals surface area (Å²) < 4.78 is 0. The van der Waals surface area contributed by atoms with Crippen LogP contribution in [0.4, 0.5) is 11.4 Å². The molecule has 0 radical (unpaired) electrons. The smallest absolute Gasteiger partial charge is 0.0367 e. The van der Waals surface area contributed by atoms with Gasteiger partial charge in [-0.25, -0.2) is 0 Å². The van der Waals surface area contributed by atoms with E-state index >= 15 is 0 Å². The van der Waals surface area contributed by atoms with Crippen molar-refractivity contribution in [1.82, 2.24) is 0 Å². The van der Waals surface area contributed by atoms with Crippen LogP contribution in [0.2, 0.25) is 0 Å². The summed E-state index contributed by atoms with van der Waals surface area (Å²) in [4.78, 5) is 5.16. The molecule has 362 valence electrons. The van der Waals surface area contributed by atoms with Crippen molar-refractivity contribution in [3.05, 3.63) is 190 Å². The molecule has 0 aliphatic rings. The van der Waals surface area contributed by atoms with E-state index in [0.717, 1.165) is 59.6 Å². The van der Waals surface area contributed by atoms with Gasteiger partial charge < -0.3 is 9.80 Å². The fraction of sp³-hybridized carbons (Fsp3) is 0.353. The van der Waals surface area contributed by atoms with Crippen molar-refractivity contribution in [2.45, 2.75) is 130 Å². The van der Waals surface area contributed by atoms with Crippen LogP contribution in [0.25, 0.3) is 35.4 Å². The quantitative estimate of drug-likeness (QED) is 0.0289. The Morgan fingerprint density at radius 3 is 0.743 bits per heavy atom. The second-order valence-corrected chi connectivity index (χ2v) is 19.0. The first-order valence-corrected chi connectivity index (χ1v) is 27.0. The van der Waals surface area contributed by atoms with Gasteiger partial charge in [-0.3, -0.25) is 0 Å². The van der Waals surface area contributed by atoms with Crippen molar-refractivity contribution >= 4 is 35.7 Å². The summed E-state index contributed by atoms with van der Waals surface area (Å²) in [5.74, 6) is 13.5. The minimum Gasteiger partial charge on any atom is -0.372 e. The molecule has 0 fully saturated rings. The average molecular weight is 925 g/mol. The molecule has 0 bridgehead atoms. The molecule has 0 atom stereocenters. The topological polar surface area (TPSA) is 6.48 Å². The Hall–Kier alpha value is -6.48. The second kappa shape index (κ2) is 30.9. The summed E-state index contributed by atoms with van der Waals surface area (Å²) in [6, 6.07) is 52.4. The first kappa shape index (κ1) is 52.9. The maximum Gasteiger partial charge on any atom is 0.0367 e. The van der Waals surface area contributed by atoms with Crippen molar-refractivity contribution in [3.8, 4) is 34.8 Å². The lowest BCUT2D eigenvalue weighted by Crippen LogP contribution is -2.25. The molecule has 6 aromatic rings. The molecular weight excluding hydrogens is 845 g/mol. The summed E-state index contributed by atoms with van der Waals surface area (Å²) in [6.45, 7) is 13.7. The molecule has 0 spiro atoms. The van der Waals surface area contributed by atoms with Crippen molar-refractivity contribution in [1.29, 1.82) is 0 Å². The van der Waals surface area contributed by atoms with Gasteiger partial charge in [-0.1, -0.05) is 226 Å². The molecule has 0 aromatic heterocycles. The van der Waals surface area contributed by atoms with Gasteiger partial charge in [-0.05, 0) is 132 Å². The molecule has 0 unspecified atom stereocenters. The van der Waals surface area contributed by atoms with Crippen LogP contribution < -0.4 is 9.80 Å². The van der Waals surface area contributed by atoms with Crippen LogP contribution in [0.3, 0.4) is 0 Å². The Morgan fingerprint density at radius 2 is 0.500 bits per heavy atom. The molecular formula is C68H80N2. The van der Waals surface area contributed by atoms with Gasteiger partial charge in [0.05, 0.1) is 0 Å². The van der Waals surface area contributed by atoms with E-state index in [2.05, 4.69) is 231 Å². The van der Waals surface area contributed by atoms with Crippen LogP contribution in [-0.4, -0.2) is 26.2 Å². The van der Waals surface area contributed by atoms with Crippen LogP contribution in [0, 0.1) is 23.7 Å². The van der Waals surface area contributed by atoms with Crippen molar-refractivity contribution < 1.29 is 0 Å². The molecule has 0 aliphatic carbocycles. The number of nitrogens with zero attached hydrogens (tertiary/aromatic N) is 2. The average Bonchev–Trinajstić information content (AvgIpc) is 3.41. The molecule has 6 aromatic carbocycles. The molecule has 0 amide bonds. The summed E-state index contributed by atoms with van der Waals surface area (Å²) in [5, 5.41) is 0. The highest BCUT2D eigenvalue weighted by molar-refractivity contribution is 5.74. The molecule has 0 saturated carbocycles. The third-order valence-electron chi connectivity index (χ3n) is 13.2. The van der Waals surface area contributed by atoms with Gasteiger partial charge in [0.15, 0.2) is 0 Å². The lowest BCUT2D eigenvalue weighted by Gasteiger charge is -2.25. The van der Waals surface area contributed by atoms with Gasteiger partial charge in [-0.15, -0.1) is 0 Å². The lowest BCUT2D eigenvalue weighted by molar-refractivity contribution is 0.609. The SMILES string of the molecule is CCCCCCN(CCCCCC)c1ccc(C#Cc2ccc(/C=C/c3ccc(-c4ccc(/C=C/c5ccc(C#Cc6ccc(N(CCCCCC)CCCCCC)cc6)cc5)cc4)cc3)cc2)cc1. The maximum atomic E-state index is 3.39. The number of anilines is 2. The van der Waals surface area contributed by atoms with Crippen molar-refractivity contribution in [2.24, 2.45) is 0 Å². The highest BCUT2D eigenvalue weighted by atomic mass is 15.1. The first-order valence-electron chi connectivity index (χ1n) is 27.0. The minimum atomic E-state index is 1.02. The normalized spacial score (nSPS) is 11.1. The largest absolute Gasteiger partial charge is 0.372 e. The Balaban J connectivity index is 0.958. The van der Waals surface area contributed by atoms with Crippen molar-refractivity contribution in [3.63, 3.8) is 0 Å². The molecule has 6 rings (SSSR count). The molecule has 0 heterocycles. The number of benzene rings is 6. The maximum absolute atomic E-state index is 3.39. The molecule has 0 N–H and O–H groups in total. The monoisotopic (exact) mass is 925 g/mol. The van der Waals surface area contributed by atoms with Crippen LogP contribution >= 0.6 is 0 Å². The highest BCUT2D eigenvalue weighted by Gasteiger charge is 2.08. The summed E-state index contributed by atoms with van der Waals surface area (Å²) >= 11 is 0. The molecule has 0 aliphatic heterocycles. The number of unbranched alkanes of at least 4 members (excludes halogenated alkanes) is 12. The fourth-order valence-electron chi connectivity index (χ4n) is 8.77. The van der Waals surface area contributed by atoms with E-state index in [0.29, 0.717) is 0 Å². The standard InChI is InChI=1S/C68H80N2/c1-5-9-13-17-53-69(54-18-14-10-6-2)67-49-41-63(42-50-67)35-31-59-25-21-57(22-26-59)29-33-61-37-45-65(46-38-61)66-47-39-62(40-48-66)34-30-58-23-27-60(28-24-58)32-36-64-43-51-68(52-44-64)70(55-19-15-11-7-3)56-20-16-12-8-4/h21-30,33-34,37-52H,5-20,53-56H2,1-4H3/b33-29+,34-30+. The van der Waals surface area contributed by atoms with Crippen molar-refractivity contribution in [2.75, 3.05) is 36.0 Å². The van der Waals surface area contributed by atoms with Gasteiger partial charge in [0.1, 0.15) is 0 Å². The predicted octanol–water partition coefficient (Wildman–Crippen LogP) is 18.4. The summed E-state index contributed by atoms with van der Waals surface area (Å²) in [6.07, 6.45) is 29.4. The first-order chi connectivity index (χ1) is 34.5. The zero-order valence-electron chi connectivity index (χ0n) is 43.2. The van der Waals surface area contributed by atoms with Gasteiger partial charge in [-0.2, -0.15) is 0 Å². The second-order valence-electron chi connectivity index (χ2n) is 19.0. The van der Waals surface area contributed by atoms with E-state index in [-0.39, 0.29) is 0 Å². The third-order valence-corrected chi connectivity index (χ3v) is 13.2. The molecule has 0 saturated heterocycles. The summed E-state index contributed by atoms with van der Waals surface area (Å²) in [7, 11) is 0. The van der Waals surface area contributed by atoms with Crippen LogP contribution in [0.5, 0.6) is 0 Å². The van der Waals surface area contributed by atoms with Gasteiger partial charge in [0.2, 0.25) is 0 Å². The predicted molar refractivity (Wildman–Crippen MR) is 308 cm³/mol. The Labute approximate surface area is 425 Å². The Kier molecular flexibility index (Phi) is 23.3. The number of rotatable bonds is 27. The molecule has 2 nitrogen and oxygen atoms in total. The summed E-state index contributed by atoms with van der Waals surface area (Å²) in [5.41, 5.74) is 13.9. The van der Waals surface area contributed by atoms with E-state index in [1.165, 1.54) is 136 Å². The molecule has 2 heteroatoms. The van der Waals surface area contributed by atoms with Gasteiger partial charge in [0.25, 0.3) is 0 Å². The van der Waals surface area contributed by atoms with Gasteiger partial charge in [0, 0.05) is 59.8 Å². The van der Waals surface area contributed by atoms with Crippen LogP contribution in [-0.2, 0) is 0 Å². The lowest BCUT2D eigenvalue weighted by atomic mass is 10.0. The van der Waals surface area contributed by atoms with Crippen LogP contribution in [0.1, 0.15) is 175 Å². The van der Waals surface area contributed by atoms with E-state index in [1.807, 2.05) is 0 Å². The van der Waals surface area contributed by atoms with Gasteiger partial charge >= 0.3 is 0 Å².